The van der Waals surface area contributed by atoms with Gasteiger partial charge in [-0.2, -0.15) is 0 Å². The van der Waals surface area contributed by atoms with Crippen molar-refractivity contribution in [2.24, 2.45) is 0 Å². The van der Waals surface area contributed by atoms with E-state index in [0.29, 0.717) is 0 Å². The zero-order valence-corrected chi connectivity index (χ0v) is 11.2. The molecule has 1 aromatic rings. The van der Waals surface area contributed by atoms with Gasteiger partial charge in [-0.05, 0) is 69.0 Å². The van der Waals surface area contributed by atoms with E-state index in [2.05, 4.69) is 34.1 Å². The van der Waals surface area contributed by atoms with Crippen molar-refractivity contribution >= 4 is 5.69 Å². The molecular weight excluding hydrogens is 220 g/mol. The van der Waals surface area contributed by atoms with Crippen LogP contribution < -0.4 is 4.90 Å². The van der Waals surface area contributed by atoms with Crippen LogP contribution in [0.3, 0.4) is 0 Å². The van der Waals surface area contributed by atoms with Gasteiger partial charge in [0.05, 0.1) is 0 Å². The van der Waals surface area contributed by atoms with Gasteiger partial charge in [-0.15, -0.1) is 0 Å². The van der Waals surface area contributed by atoms with Gasteiger partial charge in [-0.3, -0.25) is 4.90 Å². The maximum atomic E-state index is 3.41. The van der Waals surface area contributed by atoms with Crippen LogP contribution in [0.5, 0.6) is 0 Å². The van der Waals surface area contributed by atoms with Crippen molar-refractivity contribution in [1.29, 1.82) is 0 Å². The number of anilines is 1. The second-order valence-electron chi connectivity index (χ2n) is 5.60. The van der Waals surface area contributed by atoms with Gasteiger partial charge in [-0.25, -0.2) is 0 Å². The monoisotopic (exact) mass is 243 g/mol. The topological polar surface area (TPSA) is 6.48 Å². The Morgan fingerprint density at radius 2 is 1.67 bits per heavy atom. The van der Waals surface area contributed by atoms with Gasteiger partial charge in [0, 0.05) is 25.3 Å². The van der Waals surface area contributed by atoms with Gasteiger partial charge < -0.3 is 4.90 Å². The van der Waals surface area contributed by atoms with Crippen molar-refractivity contribution in [3.8, 4) is 0 Å². The highest BCUT2D eigenvalue weighted by Gasteiger charge is 2.14. The van der Waals surface area contributed by atoms with Gasteiger partial charge in [0.15, 0.2) is 0 Å². The van der Waals surface area contributed by atoms with E-state index in [1.54, 1.807) is 0 Å². The lowest BCUT2D eigenvalue weighted by atomic mass is 10.1. The Morgan fingerprint density at radius 3 is 2.44 bits per heavy atom. The fraction of sp³-hybridized carbons (Fsp3) is 0.625. The van der Waals surface area contributed by atoms with Crippen LogP contribution in [-0.2, 0) is 6.54 Å². The molecule has 0 atom stereocenters. The summed E-state index contributed by atoms with van der Waals surface area (Å²) in [5.41, 5.74) is 2.77. The number of hydrogen-bond donors (Lipinski definition) is 0. The molecule has 2 saturated heterocycles. The van der Waals surface area contributed by atoms with Gasteiger partial charge in [0.1, 0.15) is 0 Å². The second-order valence-corrected chi connectivity index (χ2v) is 5.60. The number of hydrogen-bond acceptors (Lipinski definition) is 2. The van der Waals surface area contributed by atoms with E-state index in [9.17, 15) is 0 Å². The average molecular weight is 243 g/mol. The average Bonchev–Trinajstić information content (AvgIpc) is 2.93. The molecule has 2 fully saturated rings. The molecular formula is C16H23N2. The number of benzene rings is 1. The maximum Gasteiger partial charge on any atom is 0.0369 e. The molecule has 1 radical (unpaired) electrons. The minimum absolute atomic E-state index is 1.08. The van der Waals surface area contributed by atoms with E-state index in [-0.39, 0.29) is 0 Å². The van der Waals surface area contributed by atoms with Crippen LogP contribution in [0.4, 0.5) is 5.69 Å². The summed E-state index contributed by atoms with van der Waals surface area (Å²) >= 11 is 0. The summed E-state index contributed by atoms with van der Waals surface area (Å²) in [6, 6.07) is 10.1. The van der Waals surface area contributed by atoms with E-state index < -0.39 is 0 Å². The van der Waals surface area contributed by atoms with Gasteiger partial charge in [0.2, 0.25) is 0 Å². The summed E-state index contributed by atoms with van der Waals surface area (Å²) in [5.74, 6) is 0. The van der Waals surface area contributed by atoms with E-state index in [1.165, 1.54) is 69.5 Å². The lowest BCUT2D eigenvalue weighted by molar-refractivity contribution is 0.331. The van der Waals surface area contributed by atoms with Crippen molar-refractivity contribution in [3.63, 3.8) is 0 Å². The quantitative estimate of drug-likeness (QED) is 0.805. The number of rotatable bonds is 3. The highest BCUT2D eigenvalue weighted by Crippen LogP contribution is 2.22. The highest BCUT2D eigenvalue weighted by atomic mass is 15.1. The molecule has 0 spiro atoms. The van der Waals surface area contributed by atoms with Crippen molar-refractivity contribution in [2.75, 3.05) is 31.1 Å². The SMILES string of the molecule is [c]1ccc(N2CCCCC2)cc1CN1CCCC1. The Bertz CT molecular complexity index is 376. The number of likely N-dealkylation sites (tertiary alicyclic amines) is 1. The van der Waals surface area contributed by atoms with Crippen molar-refractivity contribution in [1.82, 2.24) is 4.90 Å². The molecule has 2 heterocycles. The Balaban J connectivity index is 1.67. The number of nitrogens with zero attached hydrogens (tertiary/aromatic N) is 2. The molecule has 0 N–H and O–H groups in total. The molecule has 2 aliphatic rings. The summed E-state index contributed by atoms with van der Waals surface area (Å²) in [6.07, 6.45) is 6.83. The van der Waals surface area contributed by atoms with Gasteiger partial charge in [0.25, 0.3) is 0 Å². The summed E-state index contributed by atoms with van der Waals surface area (Å²) in [7, 11) is 0. The Morgan fingerprint density at radius 1 is 0.944 bits per heavy atom. The first kappa shape index (κ1) is 12.0. The van der Waals surface area contributed by atoms with E-state index >= 15 is 0 Å². The summed E-state index contributed by atoms with van der Waals surface area (Å²) in [4.78, 5) is 5.08. The zero-order valence-electron chi connectivity index (χ0n) is 11.2. The van der Waals surface area contributed by atoms with E-state index in [1.807, 2.05) is 0 Å². The third kappa shape index (κ3) is 2.86. The molecule has 0 saturated carbocycles. The molecule has 0 aromatic heterocycles. The van der Waals surface area contributed by atoms with Crippen LogP contribution in [0.1, 0.15) is 37.7 Å². The highest BCUT2D eigenvalue weighted by molar-refractivity contribution is 5.48. The molecule has 2 aliphatic heterocycles. The molecule has 2 nitrogen and oxygen atoms in total. The molecule has 1 aromatic carbocycles. The van der Waals surface area contributed by atoms with Crippen molar-refractivity contribution in [3.05, 3.63) is 29.8 Å². The third-order valence-corrected chi connectivity index (χ3v) is 4.16. The van der Waals surface area contributed by atoms with Crippen LogP contribution in [0.15, 0.2) is 18.2 Å². The first-order valence-corrected chi connectivity index (χ1v) is 7.40. The molecule has 0 unspecified atom stereocenters. The lowest BCUT2D eigenvalue weighted by Crippen LogP contribution is -2.29. The number of piperidine rings is 1. The summed E-state index contributed by atoms with van der Waals surface area (Å²) in [6.45, 7) is 6.07. The fourth-order valence-corrected chi connectivity index (χ4v) is 3.12. The largest absolute Gasteiger partial charge is 0.372 e. The van der Waals surface area contributed by atoms with Crippen LogP contribution in [0, 0.1) is 6.07 Å². The third-order valence-electron chi connectivity index (χ3n) is 4.16. The smallest absolute Gasteiger partial charge is 0.0369 e. The summed E-state index contributed by atoms with van der Waals surface area (Å²) < 4.78 is 0. The standard InChI is InChI=1S/C16H23N2/c1-2-11-18(12-3-1)16-8-6-7-15(13-16)14-17-9-4-5-10-17/h6,8,13H,1-5,9-12,14H2. The Hall–Kier alpha value is -1.02. The van der Waals surface area contributed by atoms with Crippen molar-refractivity contribution in [2.45, 2.75) is 38.6 Å². The molecule has 3 rings (SSSR count). The van der Waals surface area contributed by atoms with E-state index in [4.69, 9.17) is 0 Å². The predicted molar refractivity (Wildman–Crippen MR) is 75.9 cm³/mol. The lowest BCUT2D eigenvalue weighted by Gasteiger charge is -2.29. The fourth-order valence-electron chi connectivity index (χ4n) is 3.12. The van der Waals surface area contributed by atoms with Crippen LogP contribution >= 0.6 is 0 Å². The predicted octanol–water partition coefficient (Wildman–Crippen LogP) is 3.07. The minimum atomic E-state index is 1.08. The van der Waals surface area contributed by atoms with Crippen molar-refractivity contribution < 1.29 is 0 Å². The van der Waals surface area contributed by atoms with Gasteiger partial charge in [-0.1, -0.05) is 6.07 Å². The van der Waals surface area contributed by atoms with Crippen LogP contribution in [0.2, 0.25) is 0 Å². The zero-order chi connectivity index (χ0) is 12.2. The molecule has 0 bridgehead atoms. The van der Waals surface area contributed by atoms with Crippen LogP contribution in [0.25, 0.3) is 0 Å². The molecule has 18 heavy (non-hydrogen) atoms. The Kier molecular flexibility index (Phi) is 3.84. The molecule has 2 heteroatoms. The molecule has 97 valence electrons. The first-order chi connectivity index (χ1) is 8.92. The Labute approximate surface area is 111 Å². The normalized spacial score (nSPS) is 21.4. The second kappa shape index (κ2) is 5.75. The van der Waals surface area contributed by atoms with E-state index in [0.717, 1.165) is 6.54 Å². The molecule has 0 amide bonds. The first-order valence-electron chi connectivity index (χ1n) is 7.40. The summed E-state index contributed by atoms with van der Waals surface area (Å²) in [5, 5.41) is 0. The maximum absolute atomic E-state index is 3.41. The van der Waals surface area contributed by atoms with Crippen LogP contribution in [-0.4, -0.2) is 31.1 Å². The molecule has 0 aliphatic carbocycles. The minimum Gasteiger partial charge on any atom is -0.372 e. The van der Waals surface area contributed by atoms with Gasteiger partial charge >= 0.3 is 0 Å².